The van der Waals surface area contributed by atoms with Crippen molar-refractivity contribution >= 4 is 11.8 Å². The number of aryl methyl sites for hydroxylation is 2. The largest absolute Gasteiger partial charge is 0.468 e. The summed E-state index contributed by atoms with van der Waals surface area (Å²) < 4.78 is 4.69. The van der Waals surface area contributed by atoms with Crippen molar-refractivity contribution in [2.45, 2.75) is 27.2 Å². The minimum Gasteiger partial charge on any atom is -0.468 e. The summed E-state index contributed by atoms with van der Waals surface area (Å²) in [6.45, 7) is 6.81. The molecule has 0 spiro atoms. The lowest BCUT2D eigenvalue weighted by atomic mass is 10.3. The van der Waals surface area contributed by atoms with Crippen molar-refractivity contribution in [3.05, 3.63) is 17.6 Å². The van der Waals surface area contributed by atoms with E-state index >= 15 is 0 Å². The van der Waals surface area contributed by atoms with Crippen LogP contribution >= 0.6 is 0 Å². The van der Waals surface area contributed by atoms with Crippen LogP contribution in [0, 0.1) is 13.8 Å². The molecule has 94 valence electrons. The monoisotopic (exact) mass is 237 g/mol. The average molecular weight is 237 g/mol. The van der Waals surface area contributed by atoms with Gasteiger partial charge in [-0.25, -0.2) is 4.98 Å². The van der Waals surface area contributed by atoms with Gasteiger partial charge in [0.1, 0.15) is 6.54 Å². The van der Waals surface area contributed by atoms with Gasteiger partial charge < -0.3 is 9.64 Å². The molecule has 1 rings (SSSR count). The molecule has 0 bridgehead atoms. The molecule has 5 nitrogen and oxygen atoms in total. The summed E-state index contributed by atoms with van der Waals surface area (Å²) in [6.07, 6.45) is 2.66. The highest BCUT2D eigenvalue weighted by Gasteiger charge is 2.15. The molecule has 0 atom stereocenters. The van der Waals surface area contributed by atoms with Gasteiger partial charge in [0.25, 0.3) is 0 Å². The summed E-state index contributed by atoms with van der Waals surface area (Å²) in [5.41, 5.74) is 1.67. The molecule has 17 heavy (non-hydrogen) atoms. The Morgan fingerprint density at radius 1 is 1.47 bits per heavy atom. The second-order valence-electron chi connectivity index (χ2n) is 3.92. The van der Waals surface area contributed by atoms with E-state index in [0.29, 0.717) is 0 Å². The molecule has 0 radical (unpaired) electrons. The van der Waals surface area contributed by atoms with Crippen molar-refractivity contribution < 1.29 is 9.53 Å². The second kappa shape index (κ2) is 6.18. The normalized spacial score (nSPS) is 10.1. The molecule has 0 saturated carbocycles. The average Bonchev–Trinajstić information content (AvgIpc) is 2.31. The first kappa shape index (κ1) is 13.4. The van der Waals surface area contributed by atoms with Crippen molar-refractivity contribution in [2.75, 3.05) is 25.1 Å². The molecule has 0 aromatic carbocycles. The van der Waals surface area contributed by atoms with Gasteiger partial charge in [-0.2, -0.15) is 0 Å². The van der Waals surface area contributed by atoms with Crippen LogP contribution in [0.3, 0.4) is 0 Å². The molecule has 0 unspecified atom stereocenters. The maximum atomic E-state index is 11.4. The van der Waals surface area contributed by atoms with E-state index in [1.54, 1.807) is 6.20 Å². The third kappa shape index (κ3) is 3.69. The van der Waals surface area contributed by atoms with Crippen LogP contribution in [0.2, 0.25) is 0 Å². The fraction of sp³-hybridized carbons (Fsp3) is 0.583. The number of nitrogens with zero attached hydrogens (tertiary/aromatic N) is 3. The number of carbonyl (C=O) groups excluding carboxylic acids is 1. The summed E-state index contributed by atoms with van der Waals surface area (Å²) in [6, 6.07) is 0. The highest BCUT2D eigenvalue weighted by Crippen LogP contribution is 2.15. The quantitative estimate of drug-likeness (QED) is 0.726. The Morgan fingerprint density at radius 2 is 2.18 bits per heavy atom. The van der Waals surface area contributed by atoms with E-state index < -0.39 is 0 Å². The van der Waals surface area contributed by atoms with Crippen LogP contribution in [0.5, 0.6) is 0 Å². The Bertz CT molecular complexity index is 393. The standard InChI is InChI=1S/C12H19N3O2/c1-5-6-15(8-11(16)17-4)12-10(3)13-7-9(2)14-12/h7H,5-6,8H2,1-4H3. The van der Waals surface area contributed by atoms with Gasteiger partial charge >= 0.3 is 5.97 Å². The third-order valence-electron chi connectivity index (χ3n) is 2.39. The minimum absolute atomic E-state index is 0.212. The highest BCUT2D eigenvalue weighted by atomic mass is 16.5. The summed E-state index contributed by atoms with van der Waals surface area (Å²) in [4.78, 5) is 22.0. The molecular weight excluding hydrogens is 218 g/mol. The summed E-state index contributed by atoms with van der Waals surface area (Å²) in [5, 5.41) is 0. The fourth-order valence-electron chi connectivity index (χ4n) is 1.57. The first-order valence-corrected chi connectivity index (χ1v) is 5.70. The lowest BCUT2D eigenvalue weighted by molar-refractivity contribution is -0.138. The molecule has 0 saturated heterocycles. The van der Waals surface area contributed by atoms with Crippen molar-refractivity contribution in [1.29, 1.82) is 0 Å². The molecule has 0 aliphatic heterocycles. The van der Waals surface area contributed by atoms with Gasteiger partial charge in [0.15, 0.2) is 5.82 Å². The topological polar surface area (TPSA) is 55.3 Å². The van der Waals surface area contributed by atoms with Crippen LogP contribution in [-0.4, -0.2) is 36.1 Å². The van der Waals surface area contributed by atoms with Gasteiger partial charge in [-0.15, -0.1) is 0 Å². The number of esters is 1. The SMILES string of the molecule is CCCN(CC(=O)OC)c1nc(C)cnc1C. The maximum Gasteiger partial charge on any atom is 0.325 e. The first-order valence-electron chi connectivity index (χ1n) is 5.70. The fourth-order valence-corrected chi connectivity index (χ4v) is 1.57. The number of rotatable bonds is 5. The van der Waals surface area contributed by atoms with Crippen molar-refractivity contribution in [3.63, 3.8) is 0 Å². The number of methoxy groups -OCH3 is 1. The van der Waals surface area contributed by atoms with E-state index in [1.807, 2.05) is 18.7 Å². The summed E-state index contributed by atoms with van der Waals surface area (Å²) >= 11 is 0. The van der Waals surface area contributed by atoms with E-state index in [0.717, 1.165) is 30.2 Å². The Hall–Kier alpha value is -1.65. The van der Waals surface area contributed by atoms with E-state index in [4.69, 9.17) is 0 Å². The van der Waals surface area contributed by atoms with E-state index in [9.17, 15) is 4.79 Å². The van der Waals surface area contributed by atoms with Crippen LogP contribution in [0.4, 0.5) is 5.82 Å². The van der Waals surface area contributed by atoms with Crippen LogP contribution in [-0.2, 0) is 9.53 Å². The molecule has 0 fully saturated rings. The molecule has 1 aromatic rings. The van der Waals surface area contributed by atoms with E-state index in [2.05, 4.69) is 21.6 Å². The first-order chi connectivity index (χ1) is 8.08. The van der Waals surface area contributed by atoms with Crippen LogP contribution < -0.4 is 4.90 Å². The molecule has 1 heterocycles. The Balaban J connectivity index is 2.95. The molecule has 0 aliphatic carbocycles. The van der Waals surface area contributed by atoms with Gasteiger partial charge in [0.05, 0.1) is 18.5 Å². The number of anilines is 1. The molecule has 0 N–H and O–H groups in total. The smallest absolute Gasteiger partial charge is 0.325 e. The predicted molar refractivity (Wildman–Crippen MR) is 66.0 cm³/mol. The number of carbonyl (C=O) groups is 1. The van der Waals surface area contributed by atoms with Crippen LogP contribution in [0.1, 0.15) is 24.7 Å². The molecule has 5 heteroatoms. The lowest BCUT2D eigenvalue weighted by Crippen LogP contribution is -2.32. The van der Waals surface area contributed by atoms with Crippen LogP contribution in [0.15, 0.2) is 6.20 Å². The van der Waals surface area contributed by atoms with Crippen molar-refractivity contribution in [2.24, 2.45) is 0 Å². The second-order valence-corrected chi connectivity index (χ2v) is 3.92. The van der Waals surface area contributed by atoms with Gasteiger partial charge in [-0.1, -0.05) is 6.92 Å². The highest BCUT2D eigenvalue weighted by molar-refractivity contribution is 5.75. The zero-order chi connectivity index (χ0) is 12.8. The molecule has 0 amide bonds. The lowest BCUT2D eigenvalue weighted by Gasteiger charge is -2.23. The minimum atomic E-state index is -0.263. The van der Waals surface area contributed by atoms with Gasteiger partial charge in [0.2, 0.25) is 0 Å². The zero-order valence-electron chi connectivity index (χ0n) is 10.9. The van der Waals surface area contributed by atoms with Crippen LogP contribution in [0.25, 0.3) is 0 Å². The number of ether oxygens (including phenoxy) is 1. The Labute approximate surface area is 102 Å². The van der Waals surface area contributed by atoms with Crippen molar-refractivity contribution in [1.82, 2.24) is 9.97 Å². The molecule has 0 aliphatic rings. The Morgan fingerprint density at radius 3 is 2.76 bits per heavy atom. The third-order valence-corrected chi connectivity index (χ3v) is 2.39. The summed E-state index contributed by atoms with van der Waals surface area (Å²) in [7, 11) is 1.39. The number of hydrogen-bond acceptors (Lipinski definition) is 5. The predicted octanol–water partition coefficient (Wildman–Crippen LogP) is 1.48. The van der Waals surface area contributed by atoms with Crippen molar-refractivity contribution in [3.8, 4) is 0 Å². The molecule has 1 aromatic heterocycles. The van der Waals surface area contributed by atoms with Gasteiger partial charge in [0, 0.05) is 12.7 Å². The Kier molecular flexibility index (Phi) is 4.87. The number of aromatic nitrogens is 2. The maximum absolute atomic E-state index is 11.4. The number of hydrogen-bond donors (Lipinski definition) is 0. The van der Waals surface area contributed by atoms with E-state index in [-0.39, 0.29) is 12.5 Å². The van der Waals surface area contributed by atoms with Gasteiger partial charge in [-0.05, 0) is 20.3 Å². The zero-order valence-corrected chi connectivity index (χ0v) is 10.9. The molecular formula is C12H19N3O2. The summed E-state index contributed by atoms with van der Waals surface area (Å²) in [5.74, 6) is 0.499. The van der Waals surface area contributed by atoms with Gasteiger partial charge in [-0.3, -0.25) is 9.78 Å². The van der Waals surface area contributed by atoms with E-state index in [1.165, 1.54) is 7.11 Å².